The highest BCUT2D eigenvalue weighted by Gasteiger charge is 2.23. The average molecular weight is 233 g/mol. The highest BCUT2D eigenvalue weighted by atomic mass is 35.5. The summed E-state index contributed by atoms with van der Waals surface area (Å²) in [4.78, 5) is 2.25. The van der Waals surface area contributed by atoms with Crippen molar-refractivity contribution in [2.75, 3.05) is 25.5 Å². The predicted octanol–water partition coefficient (Wildman–Crippen LogP) is 2.84. The third-order valence-corrected chi connectivity index (χ3v) is 3.71. The number of likely N-dealkylation sites (N-methyl/N-ethyl adjacent to an activating group) is 2. The first-order valence-corrected chi connectivity index (χ1v) is 5.80. The number of rotatable bonds is 4. The van der Waals surface area contributed by atoms with Crippen LogP contribution < -0.4 is 10.2 Å². The lowest BCUT2D eigenvalue weighted by Gasteiger charge is -2.36. The van der Waals surface area contributed by atoms with E-state index in [2.05, 4.69) is 37.2 Å². The van der Waals surface area contributed by atoms with Crippen molar-refractivity contribution in [3.63, 3.8) is 0 Å². The minimum absolute atomic E-state index is 0.100. The van der Waals surface area contributed by atoms with E-state index < -0.39 is 0 Å². The summed E-state index contributed by atoms with van der Waals surface area (Å²) in [7, 11) is 4.07. The fourth-order valence-electron chi connectivity index (χ4n) is 1.33. The number of nitrogens with one attached hydrogen (secondary N) is 1. The molecule has 14 heavy (non-hydrogen) atoms. The fourth-order valence-corrected chi connectivity index (χ4v) is 2.49. The zero-order chi connectivity index (χ0) is 10.8. The van der Waals surface area contributed by atoms with Crippen molar-refractivity contribution >= 4 is 27.9 Å². The van der Waals surface area contributed by atoms with Crippen molar-refractivity contribution in [2.24, 2.45) is 0 Å². The van der Waals surface area contributed by atoms with E-state index in [4.69, 9.17) is 11.6 Å². The van der Waals surface area contributed by atoms with E-state index in [1.54, 1.807) is 11.3 Å². The van der Waals surface area contributed by atoms with Crippen LogP contribution in [0.1, 0.15) is 13.8 Å². The summed E-state index contributed by atoms with van der Waals surface area (Å²) in [5.74, 6) is 0. The number of nitrogens with zero attached hydrogens (tertiary/aromatic N) is 1. The highest BCUT2D eigenvalue weighted by Crippen LogP contribution is 2.32. The zero-order valence-electron chi connectivity index (χ0n) is 9.10. The highest BCUT2D eigenvalue weighted by molar-refractivity contribution is 7.19. The zero-order valence-corrected chi connectivity index (χ0v) is 10.7. The molecule has 0 radical (unpaired) electrons. The molecule has 0 atom stereocenters. The van der Waals surface area contributed by atoms with Gasteiger partial charge in [0, 0.05) is 19.1 Å². The van der Waals surface area contributed by atoms with Crippen LogP contribution in [0, 0.1) is 0 Å². The summed E-state index contributed by atoms with van der Waals surface area (Å²) >= 11 is 7.52. The third kappa shape index (κ3) is 2.62. The van der Waals surface area contributed by atoms with E-state index in [1.807, 2.05) is 13.1 Å². The maximum atomic E-state index is 5.91. The lowest BCUT2D eigenvalue weighted by Crippen LogP contribution is -2.47. The Balaban J connectivity index is 2.78. The van der Waals surface area contributed by atoms with E-state index in [0.717, 1.165) is 10.9 Å². The monoisotopic (exact) mass is 232 g/mol. The molecule has 80 valence electrons. The molecule has 1 rings (SSSR count). The summed E-state index contributed by atoms with van der Waals surface area (Å²) in [6, 6.07) is 4.00. The van der Waals surface area contributed by atoms with Crippen LogP contribution in [0.4, 0.5) is 5.00 Å². The second-order valence-corrected chi connectivity index (χ2v) is 5.67. The van der Waals surface area contributed by atoms with Gasteiger partial charge in [-0.1, -0.05) is 11.6 Å². The van der Waals surface area contributed by atoms with Crippen molar-refractivity contribution < 1.29 is 0 Å². The Morgan fingerprint density at radius 2 is 2.14 bits per heavy atom. The van der Waals surface area contributed by atoms with Crippen LogP contribution in [0.2, 0.25) is 4.34 Å². The van der Waals surface area contributed by atoms with Gasteiger partial charge >= 0.3 is 0 Å². The van der Waals surface area contributed by atoms with Crippen molar-refractivity contribution in [3.05, 3.63) is 16.5 Å². The van der Waals surface area contributed by atoms with Crippen molar-refractivity contribution in [1.82, 2.24) is 5.32 Å². The van der Waals surface area contributed by atoms with Gasteiger partial charge in [0.25, 0.3) is 0 Å². The summed E-state index contributed by atoms with van der Waals surface area (Å²) in [5, 5.41) is 4.40. The van der Waals surface area contributed by atoms with Crippen molar-refractivity contribution in [2.45, 2.75) is 19.4 Å². The van der Waals surface area contributed by atoms with Crippen LogP contribution in [0.5, 0.6) is 0 Å². The Hall–Kier alpha value is -0.250. The molecule has 0 aliphatic heterocycles. The molecule has 0 unspecified atom stereocenters. The number of anilines is 1. The number of hydrogen-bond donors (Lipinski definition) is 1. The first-order chi connectivity index (χ1) is 6.47. The molecule has 0 spiro atoms. The smallest absolute Gasteiger partial charge is 0.0950 e. The van der Waals surface area contributed by atoms with Gasteiger partial charge in [0.15, 0.2) is 0 Å². The molecule has 0 fully saturated rings. The maximum Gasteiger partial charge on any atom is 0.0950 e. The minimum atomic E-state index is 0.100. The van der Waals surface area contributed by atoms with Crippen LogP contribution in [0.15, 0.2) is 12.1 Å². The summed E-state index contributed by atoms with van der Waals surface area (Å²) in [6.45, 7) is 5.35. The SMILES string of the molecule is CNCC(C)(C)N(C)c1ccc(Cl)s1. The van der Waals surface area contributed by atoms with Crippen molar-refractivity contribution in [1.29, 1.82) is 0 Å². The van der Waals surface area contributed by atoms with Gasteiger partial charge in [-0.25, -0.2) is 0 Å². The molecule has 0 aliphatic rings. The quantitative estimate of drug-likeness (QED) is 0.859. The number of hydrogen-bond acceptors (Lipinski definition) is 3. The van der Waals surface area contributed by atoms with Gasteiger partial charge < -0.3 is 10.2 Å². The molecule has 0 saturated heterocycles. The molecule has 4 heteroatoms. The molecule has 0 aliphatic carbocycles. The molecule has 2 nitrogen and oxygen atoms in total. The van der Waals surface area contributed by atoms with Crippen molar-refractivity contribution in [3.8, 4) is 0 Å². The molecular weight excluding hydrogens is 216 g/mol. The molecular formula is C10H17ClN2S. The van der Waals surface area contributed by atoms with E-state index >= 15 is 0 Å². The van der Waals surface area contributed by atoms with Gasteiger partial charge in [-0.15, -0.1) is 11.3 Å². The van der Waals surface area contributed by atoms with Crippen LogP contribution in [0.25, 0.3) is 0 Å². The molecule has 1 heterocycles. The van der Waals surface area contributed by atoms with Crippen LogP contribution in [-0.2, 0) is 0 Å². The van der Waals surface area contributed by atoms with Gasteiger partial charge in [0.1, 0.15) is 0 Å². The second-order valence-electron chi connectivity index (χ2n) is 3.98. The van der Waals surface area contributed by atoms with Crippen LogP contribution in [-0.4, -0.2) is 26.2 Å². The Morgan fingerprint density at radius 3 is 2.57 bits per heavy atom. The third-order valence-electron chi connectivity index (χ3n) is 2.41. The van der Waals surface area contributed by atoms with Gasteiger partial charge in [0.2, 0.25) is 0 Å². The van der Waals surface area contributed by atoms with Gasteiger partial charge in [-0.3, -0.25) is 0 Å². The first-order valence-electron chi connectivity index (χ1n) is 4.61. The predicted molar refractivity (Wildman–Crippen MR) is 65.7 cm³/mol. The van der Waals surface area contributed by atoms with E-state index in [1.165, 1.54) is 5.00 Å². The Labute approximate surface area is 94.9 Å². The normalized spacial score (nSPS) is 11.8. The molecule has 0 bridgehead atoms. The Kier molecular flexibility index (Phi) is 3.81. The standard InChI is InChI=1S/C10H17ClN2S/c1-10(2,7-12-3)13(4)9-6-5-8(11)14-9/h5-6,12H,7H2,1-4H3. The Morgan fingerprint density at radius 1 is 1.50 bits per heavy atom. The lowest BCUT2D eigenvalue weighted by molar-refractivity contribution is 0.465. The molecule has 1 N–H and O–H groups in total. The van der Waals surface area contributed by atoms with Gasteiger partial charge in [0.05, 0.1) is 9.34 Å². The molecule has 0 amide bonds. The molecule has 0 saturated carbocycles. The summed E-state index contributed by atoms with van der Waals surface area (Å²) in [6.07, 6.45) is 0. The number of halogens is 1. The number of thiophene rings is 1. The maximum absolute atomic E-state index is 5.91. The van der Waals surface area contributed by atoms with Gasteiger partial charge in [-0.05, 0) is 33.0 Å². The van der Waals surface area contributed by atoms with E-state index in [-0.39, 0.29) is 5.54 Å². The van der Waals surface area contributed by atoms with E-state index in [9.17, 15) is 0 Å². The molecule has 1 aromatic heterocycles. The van der Waals surface area contributed by atoms with Crippen LogP contribution >= 0.6 is 22.9 Å². The molecule has 1 aromatic rings. The molecule has 0 aromatic carbocycles. The lowest BCUT2D eigenvalue weighted by atomic mass is 10.0. The van der Waals surface area contributed by atoms with Gasteiger partial charge in [-0.2, -0.15) is 0 Å². The fraction of sp³-hybridized carbons (Fsp3) is 0.600. The average Bonchev–Trinajstić information content (AvgIpc) is 2.50. The largest absolute Gasteiger partial charge is 0.360 e. The van der Waals surface area contributed by atoms with E-state index in [0.29, 0.717) is 0 Å². The summed E-state index contributed by atoms with van der Waals surface area (Å²) < 4.78 is 0.840. The topological polar surface area (TPSA) is 15.3 Å². The van der Waals surface area contributed by atoms with Crippen LogP contribution in [0.3, 0.4) is 0 Å². The Bertz CT molecular complexity index is 296. The second kappa shape index (κ2) is 4.51. The first kappa shape index (κ1) is 11.8. The minimum Gasteiger partial charge on any atom is -0.360 e. The summed E-state index contributed by atoms with van der Waals surface area (Å²) in [5.41, 5.74) is 0.100.